The Bertz CT molecular complexity index is 601. The van der Waals surface area contributed by atoms with Crippen LogP contribution in [0.4, 0.5) is 5.82 Å². The van der Waals surface area contributed by atoms with Crippen LogP contribution in [0.2, 0.25) is 0 Å². The molecule has 1 aromatic heterocycles. The zero-order chi connectivity index (χ0) is 12.7. The number of nitrogen functional groups attached to an aromatic ring is 1. The molecule has 94 valence electrons. The minimum Gasteiger partial charge on any atom is -0.496 e. The average Bonchev–Trinajstić information content (AvgIpc) is 2.97. The van der Waals surface area contributed by atoms with E-state index in [2.05, 4.69) is 11.2 Å². The van der Waals surface area contributed by atoms with Crippen molar-refractivity contribution >= 4 is 5.82 Å². The second kappa shape index (κ2) is 4.05. The van der Waals surface area contributed by atoms with Gasteiger partial charge in [-0.1, -0.05) is 6.07 Å². The summed E-state index contributed by atoms with van der Waals surface area (Å²) in [6.07, 6.45) is 5.27. The van der Waals surface area contributed by atoms with E-state index >= 15 is 0 Å². The molecule has 1 aliphatic rings. The number of anilines is 1. The predicted molar refractivity (Wildman–Crippen MR) is 71.6 cm³/mol. The normalized spacial score (nSPS) is 13.7. The van der Waals surface area contributed by atoms with Crippen LogP contribution in [-0.2, 0) is 19.9 Å². The van der Waals surface area contributed by atoms with Crippen LogP contribution >= 0.6 is 0 Å². The molecule has 1 aromatic carbocycles. The van der Waals surface area contributed by atoms with Crippen molar-refractivity contribution in [3.63, 3.8) is 0 Å². The highest BCUT2D eigenvalue weighted by molar-refractivity contribution is 5.82. The fourth-order valence-corrected chi connectivity index (χ4v) is 2.75. The largest absolute Gasteiger partial charge is 0.496 e. The van der Waals surface area contributed by atoms with E-state index < -0.39 is 0 Å². The highest BCUT2D eigenvalue weighted by atomic mass is 16.5. The fourth-order valence-electron chi connectivity index (χ4n) is 2.75. The number of rotatable bonds is 2. The van der Waals surface area contributed by atoms with E-state index in [0.29, 0.717) is 5.82 Å². The number of hydrogen-bond donors (Lipinski definition) is 1. The monoisotopic (exact) mass is 243 g/mol. The molecule has 1 heterocycles. The van der Waals surface area contributed by atoms with Crippen molar-refractivity contribution in [2.45, 2.75) is 19.3 Å². The van der Waals surface area contributed by atoms with Crippen molar-refractivity contribution < 1.29 is 4.74 Å². The molecule has 18 heavy (non-hydrogen) atoms. The van der Waals surface area contributed by atoms with E-state index in [9.17, 15) is 0 Å². The lowest BCUT2D eigenvalue weighted by Gasteiger charge is -2.13. The Morgan fingerprint density at radius 3 is 2.83 bits per heavy atom. The van der Waals surface area contributed by atoms with Crippen LogP contribution in [0.5, 0.6) is 5.75 Å². The number of benzene rings is 1. The third-order valence-electron chi connectivity index (χ3n) is 3.72. The smallest absolute Gasteiger partial charge is 0.129 e. The number of aryl methyl sites for hydroxylation is 2. The van der Waals surface area contributed by atoms with Gasteiger partial charge >= 0.3 is 0 Å². The third-order valence-corrected chi connectivity index (χ3v) is 3.72. The van der Waals surface area contributed by atoms with Gasteiger partial charge in [-0.3, -0.25) is 4.68 Å². The maximum Gasteiger partial charge on any atom is 0.129 e. The summed E-state index contributed by atoms with van der Waals surface area (Å²) in [5.41, 5.74) is 11.0. The van der Waals surface area contributed by atoms with Gasteiger partial charge < -0.3 is 10.5 Å². The third kappa shape index (κ3) is 1.49. The van der Waals surface area contributed by atoms with Crippen LogP contribution in [0.3, 0.4) is 0 Å². The molecule has 0 radical (unpaired) electrons. The zero-order valence-corrected chi connectivity index (χ0v) is 10.7. The van der Waals surface area contributed by atoms with Gasteiger partial charge in [0.2, 0.25) is 0 Å². The van der Waals surface area contributed by atoms with Gasteiger partial charge in [0.25, 0.3) is 0 Å². The number of methoxy groups -OCH3 is 1. The number of nitrogens with zero attached hydrogens (tertiary/aromatic N) is 2. The summed E-state index contributed by atoms with van der Waals surface area (Å²) in [6.45, 7) is 0. The Labute approximate surface area is 106 Å². The lowest BCUT2D eigenvalue weighted by molar-refractivity contribution is 0.416. The fraction of sp³-hybridized carbons (Fsp3) is 0.357. The van der Waals surface area contributed by atoms with Crippen molar-refractivity contribution in [2.24, 2.45) is 7.05 Å². The van der Waals surface area contributed by atoms with Gasteiger partial charge in [-0.2, -0.15) is 5.10 Å². The van der Waals surface area contributed by atoms with Gasteiger partial charge in [0.1, 0.15) is 11.6 Å². The van der Waals surface area contributed by atoms with Crippen molar-refractivity contribution in [3.8, 4) is 16.9 Å². The molecule has 2 N–H and O–H groups in total. The molecule has 0 spiro atoms. The molecule has 0 saturated heterocycles. The number of nitrogens with two attached hydrogens (primary N) is 1. The molecule has 0 aliphatic heterocycles. The van der Waals surface area contributed by atoms with Gasteiger partial charge in [-0.05, 0) is 36.5 Å². The minimum atomic E-state index is 0.689. The topological polar surface area (TPSA) is 53.1 Å². The maximum absolute atomic E-state index is 6.10. The summed E-state index contributed by atoms with van der Waals surface area (Å²) in [7, 11) is 3.56. The first-order valence-corrected chi connectivity index (χ1v) is 6.19. The number of hydrogen-bond acceptors (Lipinski definition) is 3. The molecule has 0 bridgehead atoms. The summed E-state index contributed by atoms with van der Waals surface area (Å²) in [6, 6.07) is 4.20. The number of fused-ring (bicyclic) bond motifs is 1. The van der Waals surface area contributed by atoms with Crippen molar-refractivity contribution in [3.05, 3.63) is 29.5 Å². The Balaban J connectivity index is 2.27. The Morgan fingerprint density at radius 2 is 2.17 bits per heavy atom. The van der Waals surface area contributed by atoms with Crippen molar-refractivity contribution in [2.75, 3.05) is 12.8 Å². The Kier molecular flexibility index (Phi) is 2.51. The van der Waals surface area contributed by atoms with E-state index in [1.54, 1.807) is 11.8 Å². The molecule has 0 saturated carbocycles. The summed E-state index contributed by atoms with van der Waals surface area (Å²) >= 11 is 0. The van der Waals surface area contributed by atoms with Crippen molar-refractivity contribution in [1.29, 1.82) is 0 Å². The van der Waals surface area contributed by atoms with Gasteiger partial charge in [0.15, 0.2) is 0 Å². The van der Waals surface area contributed by atoms with E-state index in [1.807, 2.05) is 19.3 Å². The number of aromatic nitrogens is 2. The zero-order valence-electron chi connectivity index (χ0n) is 10.7. The van der Waals surface area contributed by atoms with Gasteiger partial charge in [0.05, 0.1) is 13.3 Å². The first-order valence-electron chi connectivity index (χ1n) is 6.19. The molecule has 2 aromatic rings. The molecule has 0 unspecified atom stereocenters. The molecule has 4 nitrogen and oxygen atoms in total. The maximum atomic E-state index is 6.10. The molecule has 4 heteroatoms. The Morgan fingerprint density at radius 1 is 1.33 bits per heavy atom. The van der Waals surface area contributed by atoms with E-state index in [1.165, 1.54) is 17.5 Å². The number of ether oxygens (including phenoxy) is 1. The first kappa shape index (κ1) is 11.1. The second-order valence-corrected chi connectivity index (χ2v) is 4.70. The Hall–Kier alpha value is -1.97. The lowest BCUT2D eigenvalue weighted by atomic mass is 9.97. The highest BCUT2D eigenvalue weighted by Gasteiger charge is 2.22. The molecule has 0 fully saturated rings. The van der Waals surface area contributed by atoms with Crippen LogP contribution < -0.4 is 10.5 Å². The molecule has 1 aliphatic carbocycles. The van der Waals surface area contributed by atoms with Crippen LogP contribution in [0.1, 0.15) is 17.5 Å². The molecule has 0 atom stereocenters. The first-order chi connectivity index (χ1) is 8.72. The summed E-state index contributed by atoms with van der Waals surface area (Å²) in [4.78, 5) is 0. The molecular weight excluding hydrogens is 226 g/mol. The van der Waals surface area contributed by atoms with Gasteiger partial charge in [-0.25, -0.2) is 0 Å². The molecule has 0 amide bonds. The average molecular weight is 243 g/mol. The highest BCUT2D eigenvalue weighted by Crippen LogP contribution is 2.41. The van der Waals surface area contributed by atoms with Crippen LogP contribution in [0, 0.1) is 0 Å². The summed E-state index contributed by atoms with van der Waals surface area (Å²) in [5, 5.41) is 4.23. The lowest BCUT2D eigenvalue weighted by Crippen LogP contribution is -2.00. The van der Waals surface area contributed by atoms with Crippen LogP contribution in [0.15, 0.2) is 18.3 Å². The predicted octanol–water partition coefficient (Wildman–Crippen LogP) is 2.17. The molecule has 3 rings (SSSR count). The summed E-state index contributed by atoms with van der Waals surface area (Å²) < 4.78 is 7.19. The van der Waals surface area contributed by atoms with Crippen LogP contribution in [-0.4, -0.2) is 16.9 Å². The standard InChI is InChI=1S/C14H17N3O/c1-17-14(15)11(8-16-17)13-10-5-3-4-9(10)6-7-12(13)18-2/h6-8H,3-5,15H2,1-2H3. The van der Waals surface area contributed by atoms with Crippen LogP contribution in [0.25, 0.3) is 11.1 Å². The van der Waals surface area contributed by atoms with Gasteiger partial charge in [-0.15, -0.1) is 0 Å². The van der Waals surface area contributed by atoms with Crippen molar-refractivity contribution in [1.82, 2.24) is 9.78 Å². The second-order valence-electron chi connectivity index (χ2n) is 4.70. The van der Waals surface area contributed by atoms with E-state index in [0.717, 1.165) is 29.7 Å². The van der Waals surface area contributed by atoms with E-state index in [4.69, 9.17) is 10.5 Å². The minimum absolute atomic E-state index is 0.689. The van der Waals surface area contributed by atoms with Gasteiger partial charge in [0, 0.05) is 18.2 Å². The summed E-state index contributed by atoms with van der Waals surface area (Å²) in [5.74, 6) is 1.57. The SMILES string of the molecule is COc1ccc2c(c1-c1cnn(C)c1N)CCC2. The molecular formula is C14H17N3O. The van der Waals surface area contributed by atoms with E-state index in [-0.39, 0.29) is 0 Å². The quantitative estimate of drug-likeness (QED) is 0.879.